The van der Waals surface area contributed by atoms with Gasteiger partial charge in [-0.15, -0.1) is 19.7 Å². The van der Waals surface area contributed by atoms with E-state index in [0.717, 1.165) is 6.42 Å². The highest BCUT2D eigenvalue weighted by Crippen LogP contribution is 2.24. The molecule has 0 unspecified atom stereocenters. The molecule has 31 heavy (non-hydrogen) atoms. The minimum Gasteiger partial charge on any atom is -0.106 e. The fourth-order valence-corrected chi connectivity index (χ4v) is 2.68. The third-order valence-corrected chi connectivity index (χ3v) is 4.17. The van der Waals surface area contributed by atoms with E-state index in [-0.39, 0.29) is 0 Å². The molecule has 0 heteroatoms. The van der Waals surface area contributed by atoms with Crippen LogP contribution in [0, 0.1) is 13.8 Å². The van der Waals surface area contributed by atoms with Crippen molar-refractivity contribution >= 4 is 5.57 Å². The van der Waals surface area contributed by atoms with Crippen LogP contribution < -0.4 is 0 Å². The monoisotopic (exact) mass is 422 g/mol. The molecule has 0 aliphatic rings. The van der Waals surface area contributed by atoms with E-state index in [1.807, 2.05) is 27.7 Å². The molecule has 2 rings (SSSR count). The summed E-state index contributed by atoms with van der Waals surface area (Å²) in [6, 6.07) is 17.3. The van der Waals surface area contributed by atoms with Gasteiger partial charge in [0.05, 0.1) is 0 Å². The molecule has 0 fully saturated rings. The zero-order valence-electron chi connectivity index (χ0n) is 22.5. The molecule has 0 atom stereocenters. The predicted molar refractivity (Wildman–Crippen MR) is 148 cm³/mol. The minimum absolute atomic E-state index is 0.653. The van der Waals surface area contributed by atoms with Gasteiger partial charge in [0.1, 0.15) is 0 Å². The fourth-order valence-electron chi connectivity index (χ4n) is 2.68. The molecule has 0 bridgehead atoms. The summed E-state index contributed by atoms with van der Waals surface area (Å²) in [4.78, 5) is 0. The third kappa shape index (κ3) is 17.1. The SMILES string of the molecule is C=C.C=C(C)C.CC.CCC(=C(C)C)c1ccccc1C.Cc1ccc(C(C)C)cc1. The van der Waals surface area contributed by atoms with E-state index in [4.69, 9.17) is 0 Å². The number of hydrogen-bond donors (Lipinski definition) is 0. The van der Waals surface area contributed by atoms with Gasteiger partial charge >= 0.3 is 0 Å². The fraction of sp³-hybridized carbons (Fsp3) is 0.419. The van der Waals surface area contributed by atoms with Crippen LogP contribution in [0.5, 0.6) is 0 Å². The quantitative estimate of drug-likeness (QED) is 0.431. The van der Waals surface area contributed by atoms with Gasteiger partial charge in [-0.2, -0.15) is 0 Å². The van der Waals surface area contributed by atoms with Crippen LogP contribution in [-0.4, -0.2) is 0 Å². The summed E-state index contributed by atoms with van der Waals surface area (Å²) in [5.41, 5.74) is 9.62. The van der Waals surface area contributed by atoms with E-state index in [1.165, 1.54) is 39.0 Å². The molecule has 0 N–H and O–H groups in total. The maximum Gasteiger partial charge on any atom is -0.0196 e. The number of aryl methyl sites for hydroxylation is 2. The summed E-state index contributed by atoms with van der Waals surface area (Å²) >= 11 is 0. The second-order valence-electron chi connectivity index (χ2n) is 7.92. The summed E-state index contributed by atoms with van der Waals surface area (Å²) in [6.07, 6.45) is 1.12. The first-order valence-electron chi connectivity index (χ1n) is 11.5. The lowest BCUT2D eigenvalue weighted by Crippen LogP contribution is -1.89. The highest BCUT2D eigenvalue weighted by molar-refractivity contribution is 5.70. The molecule has 174 valence electrons. The van der Waals surface area contributed by atoms with Crippen molar-refractivity contribution in [1.82, 2.24) is 0 Å². The first-order valence-corrected chi connectivity index (χ1v) is 11.5. The van der Waals surface area contributed by atoms with Crippen LogP contribution >= 0.6 is 0 Å². The van der Waals surface area contributed by atoms with Crippen LogP contribution in [0.3, 0.4) is 0 Å². The number of allylic oxidation sites excluding steroid dienone is 3. The average Bonchev–Trinajstić information content (AvgIpc) is 2.73. The van der Waals surface area contributed by atoms with Crippen LogP contribution in [0.1, 0.15) is 96.9 Å². The molecule has 0 saturated heterocycles. The van der Waals surface area contributed by atoms with Crippen molar-refractivity contribution in [2.45, 2.75) is 88.5 Å². The summed E-state index contributed by atoms with van der Waals surface area (Å²) in [7, 11) is 0. The first-order chi connectivity index (χ1) is 14.6. The topological polar surface area (TPSA) is 0 Å². The van der Waals surface area contributed by atoms with Gasteiger partial charge in [-0.1, -0.05) is 99.9 Å². The molecule has 0 spiro atoms. The molecular weight excluding hydrogens is 372 g/mol. The molecule has 0 heterocycles. The maximum absolute atomic E-state index is 3.56. The molecule has 0 nitrogen and oxygen atoms in total. The predicted octanol–water partition coefficient (Wildman–Crippen LogP) is 10.7. The van der Waals surface area contributed by atoms with Gasteiger partial charge in [-0.05, 0) is 76.1 Å². The lowest BCUT2D eigenvalue weighted by molar-refractivity contribution is 0.866. The Morgan fingerprint density at radius 1 is 0.806 bits per heavy atom. The second kappa shape index (κ2) is 20.9. The van der Waals surface area contributed by atoms with Crippen molar-refractivity contribution in [2.75, 3.05) is 0 Å². The first kappa shape index (κ1) is 33.3. The zero-order valence-corrected chi connectivity index (χ0v) is 22.5. The Morgan fingerprint density at radius 3 is 1.55 bits per heavy atom. The van der Waals surface area contributed by atoms with E-state index < -0.39 is 0 Å². The van der Waals surface area contributed by atoms with Gasteiger partial charge in [0, 0.05) is 0 Å². The van der Waals surface area contributed by atoms with Crippen LogP contribution in [0.4, 0.5) is 0 Å². The van der Waals surface area contributed by atoms with Gasteiger partial charge in [-0.25, -0.2) is 0 Å². The van der Waals surface area contributed by atoms with E-state index in [0.29, 0.717) is 5.92 Å². The second-order valence-corrected chi connectivity index (χ2v) is 7.92. The third-order valence-electron chi connectivity index (χ3n) is 4.17. The summed E-state index contributed by atoms with van der Waals surface area (Å²) in [5.74, 6) is 0.653. The van der Waals surface area contributed by atoms with Crippen molar-refractivity contribution in [3.05, 3.63) is 102 Å². The Hall–Kier alpha value is -2.34. The molecule has 0 aliphatic heterocycles. The van der Waals surface area contributed by atoms with Gasteiger partial charge in [0.2, 0.25) is 0 Å². The van der Waals surface area contributed by atoms with Crippen LogP contribution in [0.25, 0.3) is 5.57 Å². The van der Waals surface area contributed by atoms with E-state index in [9.17, 15) is 0 Å². The average molecular weight is 423 g/mol. The van der Waals surface area contributed by atoms with E-state index in [2.05, 4.69) is 117 Å². The van der Waals surface area contributed by atoms with E-state index >= 15 is 0 Å². The van der Waals surface area contributed by atoms with Crippen molar-refractivity contribution in [2.24, 2.45) is 0 Å². The highest BCUT2D eigenvalue weighted by Gasteiger charge is 2.03. The highest BCUT2D eigenvalue weighted by atomic mass is 14.1. The molecule has 0 saturated carbocycles. The van der Waals surface area contributed by atoms with Crippen LogP contribution in [0.2, 0.25) is 0 Å². The van der Waals surface area contributed by atoms with Gasteiger partial charge in [-0.3, -0.25) is 0 Å². The summed E-state index contributed by atoms with van der Waals surface area (Å²) < 4.78 is 0. The summed E-state index contributed by atoms with van der Waals surface area (Å²) in [6.45, 7) is 32.8. The van der Waals surface area contributed by atoms with Crippen molar-refractivity contribution in [3.8, 4) is 0 Å². The lowest BCUT2D eigenvalue weighted by atomic mass is 9.95. The van der Waals surface area contributed by atoms with Crippen molar-refractivity contribution in [3.63, 3.8) is 0 Å². The molecule has 2 aromatic carbocycles. The van der Waals surface area contributed by atoms with Crippen LogP contribution in [-0.2, 0) is 0 Å². The molecule has 2 aromatic rings. The van der Waals surface area contributed by atoms with Crippen molar-refractivity contribution in [1.29, 1.82) is 0 Å². The van der Waals surface area contributed by atoms with E-state index in [1.54, 1.807) is 0 Å². The standard InChI is InChI=1S/C13H18.C10H14.C4H8.C2H6.C2H4/c1-5-12(10(2)3)13-9-7-6-8-11(13)4;1-8(2)10-6-4-9(3)5-7-10;1-4(2)3;2*1-2/h6-9H,5H2,1-4H3;4-8H,1-3H3;1H2,2-3H3;1-2H3;1-2H2. The van der Waals surface area contributed by atoms with Gasteiger partial charge in [0.15, 0.2) is 0 Å². The van der Waals surface area contributed by atoms with Gasteiger partial charge in [0.25, 0.3) is 0 Å². The summed E-state index contributed by atoms with van der Waals surface area (Å²) in [5, 5.41) is 0. The van der Waals surface area contributed by atoms with Gasteiger partial charge < -0.3 is 0 Å². The largest absolute Gasteiger partial charge is 0.106 e. The molecule has 0 aliphatic carbocycles. The Bertz CT molecular complexity index is 719. The Kier molecular flexibility index (Phi) is 22.5. The minimum atomic E-state index is 0.653. The lowest BCUT2D eigenvalue weighted by Gasteiger charge is -2.10. The molecule has 0 radical (unpaired) electrons. The van der Waals surface area contributed by atoms with Crippen LogP contribution in [0.15, 0.2) is 79.4 Å². The molecule has 0 amide bonds. The molecular formula is C31H50. The Balaban J connectivity index is -0.000000386. The van der Waals surface area contributed by atoms with Crippen molar-refractivity contribution < 1.29 is 0 Å². The smallest absolute Gasteiger partial charge is 0.0196 e. The molecule has 0 aromatic heterocycles. The zero-order chi connectivity index (χ0) is 25.0. The number of rotatable bonds is 3. The Morgan fingerprint density at radius 2 is 1.23 bits per heavy atom. The number of benzene rings is 2. The normalized spacial score (nSPS) is 8.65. The Labute approximate surface area is 195 Å². The number of hydrogen-bond acceptors (Lipinski definition) is 0. The maximum atomic E-state index is 3.56.